The molecule has 3 aromatic rings. The van der Waals surface area contributed by atoms with E-state index in [0.717, 1.165) is 5.56 Å². The normalized spacial score (nSPS) is 11.4. The first-order valence-electron chi connectivity index (χ1n) is 8.45. The third kappa shape index (κ3) is 5.84. The second-order valence-corrected chi connectivity index (χ2v) is 8.52. The maximum atomic E-state index is 12.6. The molecule has 8 heteroatoms. The van der Waals surface area contributed by atoms with Crippen molar-refractivity contribution >= 4 is 56.6 Å². The first-order chi connectivity index (χ1) is 13.8. The van der Waals surface area contributed by atoms with Crippen LogP contribution in [-0.2, 0) is 14.8 Å². The summed E-state index contributed by atoms with van der Waals surface area (Å²) >= 11 is 12.0. The molecule has 0 aliphatic rings. The van der Waals surface area contributed by atoms with Crippen LogP contribution in [0, 0.1) is 0 Å². The van der Waals surface area contributed by atoms with Gasteiger partial charge in [-0.25, -0.2) is 8.42 Å². The first kappa shape index (κ1) is 20.9. The van der Waals surface area contributed by atoms with Gasteiger partial charge in [-0.3, -0.25) is 9.52 Å². The minimum atomic E-state index is -3.90. The highest BCUT2D eigenvalue weighted by atomic mass is 35.5. The van der Waals surface area contributed by atoms with E-state index >= 15 is 0 Å². The number of carbonyl (C=O) groups is 1. The molecule has 0 fully saturated rings. The van der Waals surface area contributed by atoms with E-state index in [2.05, 4.69) is 10.0 Å². The Bertz CT molecular complexity index is 1160. The number of anilines is 2. The zero-order valence-corrected chi connectivity index (χ0v) is 17.3. The lowest BCUT2D eigenvalue weighted by Gasteiger charge is -2.11. The highest BCUT2D eigenvalue weighted by molar-refractivity contribution is 7.92. The van der Waals surface area contributed by atoms with E-state index in [1.54, 1.807) is 24.3 Å². The summed E-state index contributed by atoms with van der Waals surface area (Å²) in [7, 11) is -3.90. The van der Waals surface area contributed by atoms with Crippen LogP contribution in [0.5, 0.6) is 0 Å². The maximum Gasteiger partial charge on any atom is 0.261 e. The van der Waals surface area contributed by atoms with Gasteiger partial charge in [0.2, 0.25) is 5.91 Å². The molecule has 148 valence electrons. The van der Waals surface area contributed by atoms with Gasteiger partial charge in [-0.2, -0.15) is 0 Å². The largest absolute Gasteiger partial charge is 0.321 e. The Kier molecular flexibility index (Phi) is 6.59. The average molecular weight is 447 g/mol. The van der Waals surface area contributed by atoms with Crippen LogP contribution in [0.25, 0.3) is 6.08 Å². The minimum Gasteiger partial charge on any atom is -0.321 e. The quantitative estimate of drug-likeness (QED) is 0.494. The molecule has 2 N–H and O–H groups in total. The highest BCUT2D eigenvalue weighted by Gasteiger charge is 2.17. The summed E-state index contributed by atoms with van der Waals surface area (Å²) in [6, 6.07) is 19.7. The molecule has 0 bridgehead atoms. The van der Waals surface area contributed by atoms with E-state index in [0.29, 0.717) is 10.7 Å². The molecular formula is C21H16Cl2N2O3S. The van der Waals surface area contributed by atoms with Gasteiger partial charge in [-0.15, -0.1) is 0 Å². The summed E-state index contributed by atoms with van der Waals surface area (Å²) in [4.78, 5) is 12.1. The smallest absolute Gasteiger partial charge is 0.261 e. The average Bonchev–Trinajstić information content (AvgIpc) is 2.68. The number of nitrogens with one attached hydrogen (secondary N) is 2. The molecule has 0 atom stereocenters. The molecule has 5 nitrogen and oxygen atoms in total. The van der Waals surface area contributed by atoms with Gasteiger partial charge in [0.15, 0.2) is 0 Å². The Balaban J connectivity index is 1.78. The van der Waals surface area contributed by atoms with Crippen LogP contribution in [0.2, 0.25) is 10.0 Å². The summed E-state index contributed by atoms with van der Waals surface area (Å²) in [5, 5.41) is 3.21. The lowest BCUT2D eigenvalue weighted by Crippen LogP contribution is -2.14. The lowest BCUT2D eigenvalue weighted by atomic mass is 10.2. The number of carbonyl (C=O) groups excluding carboxylic acids is 1. The number of benzene rings is 3. The molecule has 0 radical (unpaired) electrons. The van der Waals surface area contributed by atoms with Crippen molar-refractivity contribution in [1.82, 2.24) is 0 Å². The van der Waals surface area contributed by atoms with Crippen molar-refractivity contribution in [2.24, 2.45) is 0 Å². The van der Waals surface area contributed by atoms with E-state index in [-0.39, 0.29) is 15.6 Å². The van der Waals surface area contributed by atoms with Crippen molar-refractivity contribution in [3.05, 3.63) is 94.5 Å². The summed E-state index contributed by atoms with van der Waals surface area (Å²) in [6.07, 6.45) is 2.99. The highest BCUT2D eigenvalue weighted by Crippen LogP contribution is 2.27. The lowest BCUT2D eigenvalue weighted by molar-refractivity contribution is -0.111. The number of hydrogen-bond donors (Lipinski definition) is 2. The summed E-state index contributed by atoms with van der Waals surface area (Å²) < 4.78 is 27.7. The van der Waals surface area contributed by atoms with Gasteiger partial charge in [-0.05, 0) is 48.0 Å². The molecule has 29 heavy (non-hydrogen) atoms. The molecule has 3 aromatic carbocycles. The molecule has 0 heterocycles. The number of halogens is 2. The van der Waals surface area contributed by atoms with Gasteiger partial charge in [0, 0.05) is 11.1 Å². The Labute approximate surface area is 179 Å². The van der Waals surface area contributed by atoms with Crippen molar-refractivity contribution < 1.29 is 13.2 Å². The fraction of sp³-hybridized carbons (Fsp3) is 0. The number of sulfonamides is 1. The van der Waals surface area contributed by atoms with Crippen LogP contribution in [0.1, 0.15) is 5.56 Å². The maximum absolute atomic E-state index is 12.6. The Hall–Kier alpha value is -2.80. The summed E-state index contributed by atoms with van der Waals surface area (Å²) in [5.74, 6) is -0.437. The number of rotatable bonds is 6. The van der Waals surface area contributed by atoms with Crippen molar-refractivity contribution in [3.8, 4) is 0 Å². The molecule has 0 aliphatic carbocycles. The molecule has 0 aromatic heterocycles. The van der Waals surface area contributed by atoms with Crippen molar-refractivity contribution in [1.29, 1.82) is 0 Å². The van der Waals surface area contributed by atoms with Crippen LogP contribution in [-0.4, -0.2) is 14.3 Å². The Morgan fingerprint density at radius 3 is 2.38 bits per heavy atom. The molecule has 0 saturated carbocycles. The van der Waals surface area contributed by atoms with Crippen LogP contribution in [0.15, 0.2) is 83.8 Å². The predicted octanol–water partition coefficient (Wildman–Crippen LogP) is 5.45. The van der Waals surface area contributed by atoms with E-state index in [1.165, 1.54) is 30.3 Å². The van der Waals surface area contributed by atoms with Gasteiger partial charge in [0.05, 0.1) is 21.3 Å². The molecule has 0 unspecified atom stereocenters. The zero-order chi connectivity index (χ0) is 20.9. The second-order valence-electron chi connectivity index (χ2n) is 5.99. The summed E-state index contributed by atoms with van der Waals surface area (Å²) in [5.41, 5.74) is 1.36. The fourth-order valence-corrected chi connectivity index (χ4v) is 3.87. The van der Waals surface area contributed by atoms with E-state index in [9.17, 15) is 13.2 Å². The van der Waals surface area contributed by atoms with E-state index in [4.69, 9.17) is 23.2 Å². The van der Waals surface area contributed by atoms with Crippen LogP contribution in [0.4, 0.5) is 11.4 Å². The molecule has 3 rings (SSSR count). The third-order valence-electron chi connectivity index (χ3n) is 3.81. The molecule has 0 aliphatic heterocycles. The second kappa shape index (κ2) is 9.13. The Morgan fingerprint density at radius 1 is 0.897 bits per heavy atom. The van der Waals surface area contributed by atoms with Crippen LogP contribution < -0.4 is 10.0 Å². The van der Waals surface area contributed by atoms with Gasteiger partial charge < -0.3 is 5.32 Å². The predicted molar refractivity (Wildman–Crippen MR) is 118 cm³/mol. The molecular weight excluding hydrogens is 431 g/mol. The van der Waals surface area contributed by atoms with Crippen LogP contribution >= 0.6 is 23.2 Å². The first-order valence-corrected chi connectivity index (χ1v) is 10.7. The Morgan fingerprint density at radius 2 is 1.66 bits per heavy atom. The van der Waals surface area contributed by atoms with Crippen molar-refractivity contribution in [3.63, 3.8) is 0 Å². The van der Waals surface area contributed by atoms with Crippen molar-refractivity contribution in [2.45, 2.75) is 4.90 Å². The minimum absolute atomic E-state index is 0.0517. The van der Waals surface area contributed by atoms with Gasteiger partial charge >= 0.3 is 0 Å². The molecule has 0 saturated heterocycles. The zero-order valence-electron chi connectivity index (χ0n) is 15.0. The van der Waals surface area contributed by atoms with Gasteiger partial charge in [0.1, 0.15) is 0 Å². The topological polar surface area (TPSA) is 75.3 Å². The monoisotopic (exact) mass is 446 g/mol. The molecule has 0 spiro atoms. The van der Waals surface area contributed by atoms with E-state index in [1.807, 2.05) is 30.3 Å². The fourth-order valence-electron chi connectivity index (χ4n) is 2.44. The number of amides is 1. The summed E-state index contributed by atoms with van der Waals surface area (Å²) in [6.45, 7) is 0. The van der Waals surface area contributed by atoms with Crippen LogP contribution in [0.3, 0.4) is 0 Å². The molecule has 1 amide bonds. The number of hydrogen-bond acceptors (Lipinski definition) is 3. The van der Waals surface area contributed by atoms with Gasteiger partial charge in [0.25, 0.3) is 10.0 Å². The van der Waals surface area contributed by atoms with E-state index < -0.39 is 15.9 Å². The third-order valence-corrected chi connectivity index (χ3v) is 5.75. The van der Waals surface area contributed by atoms with Gasteiger partial charge in [-0.1, -0.05) is 59.6 Å². The van der Waals surface area contributed by atoms with Crippen molar-refractivity contribution in [2.75, 3.05) is 10.0 Å². The SMILES string of the molecule is O=C(/C=C/c1ccccc1)Nc1cc(S(=O)(=O)Nc2cccc(Cl)c2)ccc1Cl. The standard InChI is InChI=1S/C21H16Cl2N2O3S/c22-16-7-4-8-17(13-16)25-29(27,28)18-10-11-19(23)20(14-18)24-21(26)12-9-15-5-2-1-3-6-15/h1-14,25H,(H,24,26)/b12-9+.